The van der Waals surface area contributed by atoms with Gasteiger partial charge in [-0.3, -0.25) is 0 Å². The molecule has 1 aliphatic heterocycles. The smallest absolute Gasteiger partial charge is 0.408 e. The van der Waals surface area contributed by atoms with E-state index in [2.05, 4.69) is 0 Å². The number of hydrogen-bond donors (Lipinski definition) is 1. The molecule has 0 saturated carbocycles. The summed E-state index contributed by atoms with van der Waals surface area (Å²) in [5, 5.41) is 0.379. The summed E-state index contributed by atoms with van der Waals surface area (Å²) >= 11 is 0. The normalized spacial score (nSPS) is 17.9. The van der Waals surface area contributed by atoms with Crippen LogP contribution in [0.4, 0.5) is 0 Å². The van der Waals surface area contributed by atoms with Gasteiger partial charge in [-0.2, -0.15) is 0 Å². The molecule has 0 amide bonds. The fourth-order valence-electron chi connectivity index (χ4n) is 2.93. The predicted octanol–water partition coefficient (Wildman–Crippen LogP) is 3.77. The minimum absolute atomic E-state index is 0. The number of rotatable bonds is 2. The Kier molecular flexibility index (Phi) is 5.43. The summed E-state index contributed by atoms with van der Waals surface area (Å²) in [6, 6.07) is 23.1. The zero-order valence-corrected chi connectivity index (χ0v) is 18.4. The first-order valence-corrected chi connectivity index (χ1v) is 9.00. The van der Waals surface area contributed by atoms with E-state index in [0.717, 1.165) is 28.7 Å². The summed E-state index contributed by atoms with van der Waals surface area (Å²) in [5.74, 6) is 0.460. The van der Waals surface area contributed by atoms with E-state index in [9.17, 15) is 9.46 Å². The molecule has 5 heteroatoms. The molecule has 2 radical (unpaired) electrons. The van der Waals surface area contributed by atoms with Crippen molar-refractivity contribution in [2.75, 3.05) is 0 Å². The van der Waals surface area contributed by atoms with Gasteiger partial charge in [0.15, 0.2) is 0 Å². The van der Waals surface area contributed by atoms with Crippen LogP contribution in [0.2, 0.25) is 0 Å². The maximum absolute atomic E-state index is 12.6. The summed E-state index contributed by atoms with van der Waals surface area (Å²) < 4.78 is 17.9. The Bertz CT molecular complexity index is 925. The van der Waals surface area contributed by atoms with Gasteiger partial charge in [-0.25, -0.2) is 4.57 Å². The Morgan fingerprint density at radius 2 is 1.54 bits per heavy atom. The average Bonchev–Trinajstić information content (AvgIpc) is 2.56. The van der Waals surface area contributed by atoms with Crippen LogP contribution in [-0.2, 0) is 11.0 Å². The summed E-state index contributed by atoms with van der Waals surface area (Å²) in [7, 11) is -3.84. The summed E-state index contributed by atoms with van der Waals surface area (Å²) in [5.41, 5.74) is 3.79. The molecule has 3 nitrogen and oxygen atoms in total. The van der Waals surface area contributed by atoms with E-state index in [0.29, 0.717) is 11.1 Å². The fourth-order valence-corrected chi connectivity index (χ4v) is 4.28. The van der Waals surface area contributed by atoms with Gasteiger partial charge >= 0.3 is 7.60 Å². The van der Waals surface area contributed by atoms with Crippen molar-refractivity contribution < 1.29 is 14.0 Å². The summed E-state index contributed by atoms with van der Waals surface area (Å²) in [6.07, 6.45) is 0.718. The molecule has 1 atom stereocenters. The minimum atomic E-state index is -3.84. The van der Waals surface area contributed by atoms with Gasteiger partial charge in [0.1, 0.15) is 5.75 Å². The molecule has 3 aromatic rings. The second-order valence-corrected chi connectivity index (χ2v) is 7.33. The topological polar surface area (TPSA) is 46.5 Å². The third kappa shape index (κ3) is 3.44. The van der Waals surface area contributed by atoms with Crippen molar-refractivity contribution in [2.45, 2.75) is 6.42 Å². The molecule has 0 aromatic heterocycles. The van der Waals surface area contributed by atoms with Crippen LogP contribution in [0.15, 0.2) is 72.8 Å². The van der Waals surface area contributed by atoms with Crippen molar-refractivity contribution in [3.8, 4) is 16.9 Å². The van der Waals surface area contributed by atoms with Gasteiger partial charge < -0.3 is 9.42 Å². The fraction of sp³-hybridized carbons (Fsp3) is 0.0526. The van der Waals surface area contributed by atoms with Crippen LogP contribution in [0.5, 0.6) is 5.75 Å². The van der Waals surface area contributed by atoms with Crippen LogP contribution >= 0.6 is 7.60 Å². The SMILES string of the molecule is O=P1(O)Oc2ccccc2-c2ccc(Cc3ccccc3)cc21.[Ba]. The van der Waals surface area contributed by atoms with Gasteiger partial charge in [0.2, 0.25) is 0 Å². The maximum Gasteiger partial charge on any atom is 0.408 e. The third-order valence-electron chi connectivity index (χ3n) is 4.02. The largest absolute Gasteiger partial charge is 0.421 e. The van der Waals surface area contributed by atoms with E-state index in [1.54, 1.807) is 18.2 Å². The second kappa shape index (κ2) is 7.22. The molecular weight excluding hydrogens is 445 g/mol. The molecule has 1 unspecified atom stereocenters. The van der Waals surface area contributed by atoms with E-state index in [4.69, 9.17) is 4.52 Å². The van der Waals surface area contributed by atoms with Gasteiger partial charge in [0.25, 0.3) is 0 Å². The van der Waals surface area contributed by atoms with E-state index >= 15 is 0 Å². The molecule has 1 heterocycles. The van der Waals surface area contributed by atoms with Crippen LogP contribution in [0.25, 0.3) is 11.1 Å². The van der Waals surface area contributed by atoms with Crippen molar-refractivity contribution in [2.24, 2.45) is 0 Å². The zero-order chi connectivity index (χ0) is 15.9. The van der Waals surface area contributed by atoms with Crippen LogP contribution < -0.4 is 9.83 Å². The summed E-state index contributed by atoms with van der Waals surface area (Å²) in [4.78, 5) is 10.3. The van der Waals surface area contributed by atoms with Gasteiger partial charge in [-0.15, -0.1) is 0 Å². The minimum Gasteiger partial charge on any atom is -0.421 e. The maximum atomic E-state index is 12.6. The number of fused-ring (bicyclic) bond motifs is 3. The Hall–Kier alpha value is -0.779. The number of para-hydroxylation sites is 1. The quantitative estimate of drug-likeness (QED) is 0.469. The molecule has 0 fully saturated rings. The number of hydrogen-bond acceptors (Lipinski definition) is 2. The molecule has 3 aromatic carbocycles. The Labute approximate surface area is 181 Å². The van der Waals surface area contributed by atoms with Crippen molar-refractivity contribution in [3.63, 3.8) is 0 Å². The summed E-state index contributed by atoms with van der Waals surface area (Å²) in [6.45, 7) is 0. The van der Waals surface area contributed by atoms with Crippen molar-refractivity contribution in [3.05, 3.63) is 83.9 Å². The van der Waals surface area contributed by atoms with Gasteiger partial charge in [0, 0.05) is 60.0 Å². The Morgan fingerprint density at radius 3 is 2.33 bits per heavy atom. The third-order valence-corrected chi connectivity index (χ3v) is 5.44. The number of benzene rings is 3. The van der Waals surface area contributed by atoms with Gasteiger partial charge in [-0.05, 0) is 29.7 Å². The van der Waals surface area contributed by atoms with E-state index in [1.165, 1.54) is 0 Å². The molecule has 116 valence electrons. The monoisotopic (exact) mass is 460 g/mol. The first kappa shape index (κ1) is 18.0. The molecule has 0 spiro atoms. The average molecular weight is 460 g/mol. The second-order valence-electron chi connectivity index (χ2n) is 5.62. The molecule has 0 bridgehead atoms. The molecule has 24 heavy (non-hydrogen) atoms. The molecule has 0 saturated heterocycles. The zero-order valence-electron chi connectivity index (χ0n) is 13.1. The standard InChI is InChI=1S/C19H15O3P.Ba/c20-23(21)19-13-15(12-14-6-2-1-3-7-14)10-11-17(19)16-8-4-5-9-18(16)22-23;/h1-11,13H,12H2,(H,20,21);. The van der Waals surface area contributed by atoms with Gasteiger partial charge in [0.05, 0.1) is 5.30 Å². The van der Waals surface area contributed by atoms with E-state index < -0.39 is 7.60 Å². The Morgan fingerprint density at radius 1 is 0.833 bits per heavy atom. The van der Waals surface area contributed by atoms with Crippen LogP contribution in [0, 0.1) is 0 Å². The van der Waals surface area contributed by atoms with E-state index in [-0.39, 0.29) is 48.9 Å². The van der Waals surface area contributed by atoms with Crippen LogP contribution in [0.1, 0.15) is 11.1 Å². The van der Waals surface area contributed by atoms with Crippen LogP contribution in [-0.4, -0.2) is 53.8 Å². The molecular formula is C19H15BaO3P. The first-order chi connectivity index (χ1) is 11.1. The van der Waals surface area contributed by atoms with Gasteiger partial charge in [-0.1, -0.05) is 60.7 Å². The first-order valence-electron chi connectivity index (χ1n) is 7.43. The molecule has 4 rings (SSSR count). The van der Waals surface area contributed by atoms with Crippen LogP contribution in [0.3, 0.4) is 0 Å². The molecule has 1 aliphatic rings. The molecule has 0 aliphatic carbocycles. The predicted molar refractivity (Wildman–Crippen MR) is 97.0 cm³/mol. The van der Waals surface area contributed by atoms with Crippen molar-refractivity contribution in [1.82, 2.24) is 0 Å². The van der Waals surface area contributed by atoms with Crippen molar-refractivity contribution >= 4 is 61.8 Å². The van der Waals surface area contributed by atoms with Crippen molar-refractivity contribution in [1.29, 1.82) is 0 Å². The molecule has 1 N–H and O–H groups in total. The Balaban J connectivity index is 0.00000169. The van der Waals surface area contributed by atoms with E-state index in [1.807, 2.05) is 54.6 Å².